The number of nitrogens with two attached hydrogens (primary N) is 1. The van der Waals surface area contributed by atoms with Crippen molar-refractivity contribution in [3.8, 4) is 0 Å². The minimum absolute atomic E-state index is 0.253. The maximum absolute atomic E-state index is 6.01. The molecule has 128 valence electrons. The molecule has 1 aromatic carbocycles. The highest BCUT2D eigenvalue weighted by Crippen LogP contribution is 2.38. The van der Waals surface area contributed by atoms with Crippen molar-refractivity contribution in [2.45, 2.75) is 56.9 Å². The zero-order chi connectivity index (χ0) is 16.4. The molecule has 2 fully saturated rings. The van der Waals surface area contributed by atoms with E-state index in [2.05, 4.69) is 0 Å². The van der Waals surface area contributed by atoms with Gasteiger partial charge < -0.3 is 29.4 Å². The minimum atomic E-state index is -0.683. The molecule has 0 bridgehead atoms. The third kappa shape index (κ3) is 3.57. The van der Waals surface area contributed by atoms with Crippen molar-refractivity contribution in [3.05, 3.63) is 35.9 Å². The standard InChI is InChI=1S/C17H25NO5/c1-17(2)22-13-12(9-18)21-16(15(19-3)14(13)23-17)20-10-11-7-5-4-6-8-11/h4-8,12-16H,9-10,18H2,1-3H3. The summed E-state index contributed by atoms with van der Waals surface area (Å²) in [6.45, 7) is 4.53. The van der Waals surface area contributed by atoms with Crippen LogP contribution in [0.4, 0.5) is 0 Å². The molecule has 2 N–H and O–H groups in total. The van der Waals surface area contributed by atoms with Crippen LogP contribution >= 0.6 is 0 Å². The van der Waals surface area contributed by atoms with Crippen LogP contribution in [0.25, 0.3) is 0 Å². The van der Waals surface area contributed by atoms with Gasteiger partial charge in [-0.2, -0.15) is 0 Å². The molecule has 0 aromatic heterocycles. The molecule has 2 saturated heterocycles. The van der Waals surface area contributed by atoms with E-state index >= 15 is 0 Å². The fourth-order valence-electron chi connectivity index (χ4n) is 3.16. The number of benzene rings is 1. The Kier molecular flexibility index (Phi) is 5.01. The Bertz CT molecular complexity index is 509. The molecule has 3 rings (SSSR count). The van der Waals surface area contributed by atoms with Crippen LogP contribution in [0.1, 0.15) is 19.4 Å². The number of fused-ring (bicyclic) bond motifs is 1. The highest BCUT2D eigenvalue weighted by molar-refractivity contribution is 5.13. The highest BCUT2D eigenvalue weighted by Gasteiger charge is 2.55. The van der Waals surface area contributed by atoms with Crippen LogP contribution in [0.3, 0.4) is 0 Å². The molecule has 0 aliphatic carbocycles. The Morgan fingerprint density at radius 3 is 2.48 bits per heavy atom. The molecule has 6 nitrogen and oxygen atoms in total. The molecule has 0 saturated carbocycles. The molecule has 2 aliphatic heterocycles. The quantitative estimate of drug-likeness (QED) is 0.883. The number of rotatable bonds is 5. The molecular formula is C17H25NO5. The lowest BCUT2D eigenvalue weighted by atomic mass is 9.99. The van der Waals surface area contributed by atoms with Crippen molar-refractivity contribution in [3.63, 3.8) is 0 Å². The van der Waals surface area contributed by atoms with Crippen LogP contribution in [-0.4, -0.2) is 50.1 Å². The second-order valence-corrected chi connectivity index (χ2v) is 6.34. The second-order valence-electron chi connectivity index (χ2n) is 6.34. The highest BCUT2D eigenvalue weighted by atomic mass is 16.8. The normalized spacial score (nSPS) is 35.9. The van der Waals surface area contributed by atoms with Crippen LogP contribution in [-0.2, 0) is 30.3 Å². The maximum Gasteiger partial charge on any atom is 0.187 e. The summed E-state index contributed by atoms with van der Waals surface area (Å²) in [4.78, 5) is 0. The summed E-state index contributed by atoms with van der Waals surface area (Å²) in [5.41, 5.74) is 6.92. The Hall–Kier alpha value is -1.02. The van der Waals surface area contributed by atoms with Crippen molar-refractivity contribution in [2.75, 3.05) is 13.7 Å². The van der Waals surface area contributed by atoms with E-state index in [0.717, 1.165) is 5.56 Å². The molecule has 1 aromatic rings. The van der Waals surface area contributed by atoms with E-state index < -0.39 is 12.1 Å². The van der Waals surface area contributed by atoms with Gasteiger partial charge in [0.05, 0.1) is 6.61 Å². The molecule has 6 heteroatoms. The Labute approximate surface area is 136 Å². The van der Waals surface area contributed by atoms with Crippen LogP contribution in [0.15, 0.2) is 30.3 Å². The zero-order valence-corrected chi connectivity index (χ0v) is 13.8. The largest absolute Gasteiger partial charge is 0.373 e. The fourth-order valence-corrected chi connectivity index (χ4v) is 3.16. The van der Waals surface area contributed by atoms with E-state index in [9.17, 15) is 0 Å². The summed E-state index contributed by atoms with van der Waals surface area (Å²) in [6.07, 6.45) is -1.72. The summed E-state index contributed by atoms with van der Waals surface area (Å²) >= 11 is 0. The Morgan fingerprint density at radius 2 is 1.83 bits per heavy atom. The van der Waals surface area contributed by atoms with Crippen molar-refractivity contribution in [1.29, 1.82) is 0 Å². The second kappa shape index (κ2) is 6.84. The van der Waals surface area contributed by atoms with Crippen molar-refractivity contribution < 1.29 is 23.7 Å². The molecule has 23 heavy (non-hydrogen) atoms. The predicted octanol–water partition coefficient (Wildman–Crippen LogP) is 1.42. The van der Waals surface area contributed by atoms with Gasteiger partial charge in [0.15, 0.2) is 12.1 Å². The SMILES string of the molecule is COC1C(OCc2ccccc2)OC(CN)C2OC(C)(C)OC21. The van der Waals surface area contributed by atoms with Crippen LogP contribution < -0.4 is 5.73 Å². The van der Waals surface area contributed by atoms with Gasteiger partial charge in [-0.05, 0) is 19.4 Å². The first-order chi connectivity index (χ1) is 11.0. The van der Waals surface area contributed by atoms with Gasteiger partial charge in [0, 0.05) is 13.7 Å². The summed E-state index contributed by atoms with van der Waals surface area (Å²) in [5, 5.41) is 0. The fraction of sp³-hybridized carbons (Fsp3) is 0.647. The maximum atomic E-state index is 6.01. The molecule has 0 radical (unpaired) electrons. The number of hydrogen-bond donors (Lipinski definition) is 1. The van der Waals surface area contributed by atoms with Crippen LogP contribution in [0.5, 0.6) is 0 Å². The zero-order valence-electron chi connectivity index (χ0n) is 13.8. The van der Waals surface area contributed by atoms with E-state index in [1.165, 1.54) is 0 Å². The monoisotopic (exact) mass is 323 g/mol. The Balaban J connectivity index is 1.72. The smallest absolute Gasteiger partial charge is 0.187 e. The van der Waals surface area contributed by atoms with Crippen LogP contribution in [0, 0.1) is 0 Å². The summed E-state index contributed by atoms with van der Waals surface area (Å²) in [5.74, 6) is -0.683. The van der Waals surface area contributed by atoms with Gasteiger partial charge in [0.1, 0.15) is 24.4 Å². The van der Waals surface area contributed by atoms with Crippen LogP contribution in [0.2, 0.25) is 0 Å². The summed E-state index contributed by atoms with van der Waals surface area (Å²) in [6, 6.07) is 9.93. The van der Waals surface area contributed by atoms with Crippen molar-refractivity contribution in [2.24, 2.45) is 5.73 Å². The van der Waals surface area contributed by atoms with Crippen molar-refractivity contribution in [1.82, 2.24) is 0 Å². The van der Waals surface area contributed by atoms with Gasteiger partial charge in [-0.15, -0.1) is 0 Å². The minimum Gasteiger partial charge on any atom is -0.373 e. The van der Waals surface area contributed by atoms with Gasteiger partial charge >= 0.3 is 0 Å². The molecule has 2 aliphatic rings. The number of methoxy groups -OCH3 is 1. The average molecular weight is 323 g/mol. The van der Waals surface area contributed by atoms with Gasteiger partial charge in [-0.3, -0.25) is 0 Å². The third-order valence-electron chi connectivity index (χ3n) is 4.19. The molecule has 0 spiro atoms. The van der Waals surface area contributed by atoms with E-state index in [1.807, 2.05) is 44.2 Å². The predicted molar refractivity (Wildman–Crippen MR) is 83.6 cm³/mol. The van der Waals surface area contributed by atoms with E-state index in [-0.39, 0.29) is 24.4 Å². The topological polar surface area (TPSA) is 72.2 Å². The lowest BCUT2D eigenvalue weighted by Gasteiger charge is -2.41. The first-order valence-electron chi connectivity index (χ1n) is 7.93. The lowest BCUT2D eigenvalue weighted by molar-refractivity contribution is -0.284. The first-order valence-corrected chi connectivity index (χ1v) is 7.93. The third-order valence-corrected chi connectivity index (χ3v) is 4.19. The average Bonchev–Trinajstić information content (AvgIpc) is 2.87. The molecule has 0 amide bonds. The van der Waals surface area contributed by atoms with E-state index in [1.54, 1.807) is 7.11 Å². The molecule has 2 heterocycles. The Morgan fingerprint density at radius 1 is 1.13 bits per heavy atom. The van der Waals surface area contributed by atoms with E-state index in [0.29, 0.717) is 13.2 Å². The lowest BCUT2D eigenvalue weighted by Crippen LogP contribution is -2.59. The molecule has 5 unspecified atom stereocenters. The molecular weight excluding hydrogens is 298 g/mol. The van der Waals surface area contributed by atoms with Gasteiger partial charge in [0.25, 0.3) is 0 Å². The summed E-state index contributed by atoms with van der Waals surface area (Å²) < 4.78 is 29.5. The molecule has 5 atom stereocenters. The number of hydrogen-bond acceptors (Lipinski definition) is 6. The van der Waals surface area contributed by atoms with Gasteiger partial charge in [0.2, 0.25) is 0 Å². The van der Waals surface area contributed by atoms with Crippen molar-refractivity contribution >= 4 is 0 Å². The summed E-state index contributed by atoms with van der Waals surface area (Å²) in [7, 11) is 1.63. The van der Waals surface area contributed by atoms with E-state index in [4.69, 9.17) is 29.4 Å². The van der Waals surface area contributed by atoms with Gasteiger partial charge in [-0.1, -0.05) is 30.3 Å². The number of ether oxygens (including phenoxy) is 5. The van der Waals surface area contributed by atoms with Gasteiger partial charge in [-0.25, -0.2) is 0 Å². The first kappa shape index (κ1) is 16.8.